The van der Waals surface area contributed by atoms with Gasteiger partial charge in [0.2, 0.25) is 0 Å². The molecule has 2 heterocycles. The van der Waals surface area contributed by atoms with Crippen LogP contribution in [-0.2, 0) is 19.7 Å². The SMILES string of the molecule is COC(=S)NCC1CN(c2ccc(N3CCN(S(N)(=O)=O)CC3)cc2)C(=O)O1. The molecule has 1 aromatic rings. The molecule has 1 atom stereocenters. The molecule has 0 saturated carbocycles. The van der Waals surface area contributed by atoms with Crippen LogP contribution in [-0.4, -0.2) is 76.5 Å². The third kappa shape index (κ3) is 4.82. The first-order valence-corrected chi connectivity index (χ1v) is 10.6. The molecular formula is C16H23N5O5S2. The zero-order valence-corrected chi connectivity index (χ0v) is 17.0. The highest BCUT2D eigenvalue weighted by Crippen LogP contribution is 2.25. The van der Waals surface area contributed by atoms with Crippen molar-refractivity contribution in [1.29, 1.82) is 0 Å². The fraction of sp³-hybridized carbons (Fsp3) is 0.500. The van der Waals surface area contributed by atoms with Gasteiger partial charge in [-0.3, -0.25) is 4.90 Å². The van der Waals surface area contributed by atoms with Crippen LogP contribution in [0.5, 0.6) is 0 Å². The predicted octanol–water partition coefficient (Wildman–Crippen LogP) is -0.142. The summed E-state index contributed by atoms with van der Waals surface area (Å²) >= 11 is 4.91. The molecule has 12 heteroatoms. The van der Waals surface area contributed by atoms with Crippen molar-refractivity contribution in [1.82, 2.24) is 9.62 Å². The molecule has 2 saturated heterocycles. The van der Waals surface area contributed by atoms with Crippen LogP contribution in [0.15, 0.2) is 24.3 Å². The van der Waals surface area contributed by atoms with Gasteiger partial charge in [0.25, 0.3) is 15.4 Å². The minimum atomic E-state index is -3.65. The van der Waals surface area contributed by atoms with E-state index >= 15 is 0 Å². The van der Waals surface area contributed by atoms with E-state index in [1.54, 1.807) is 4.90 Å². The molecule has 154 valence electrons. The van der Waals surface area contributed by atoms with Crippen molar-refractivity contribution in [3.63, 3.8) is 0 Å². The Kier molecular flexibility index (Phi) is 6.23. The standard InChI is InChI=1S/C16H23N5O5S2/c1-25-15(27)18-10-14-11-21(16(22)26-14)13-4-2-12(3-5-13)19-6-8-20(9-7-19)28(17,23)24/h2-5,14H,6-11H2,1H3,(H,18,27)(H2,17,23,24). The second-order valence-corrected chi connectivity index (χ2v) is 8.35. The summed E-state index contributed by atoms with van der Waals surface area (Å²) in [5.74, 6) is 0. The average Bonchev–Trinajstić information content (AvgIpc) is 3.06. The lowest BCUT2D eigenvalue weighted by atomic mass is 10.2. The largest absolute Gasteiger partial charge is 0.474 e. The normalized spacial score (nSPS) is 20.8. The summed E-state index contributed by atoms with van der Waals surface area (Å²) in [6, 6.07) is 7.50. The van der Waals surface area contributed by atoms with Gasteiger partial charge >= 0.3 is 6.09 Å². The number of carbonyl (C=O) groups excluding carboxylic acids is 1. The number of cyclic esters (lactones) is 1. The average molecular weight is 430 g/mol. The van der Waals surface area contributed by atoms with Crippen LogP contribution in [0, 0.1) is 0 Å². The van der Waals surface area contributed by atoms with Gasteiger partial charge in [0.05, 0.1) is 20.2 Å². The molecule has 2 aliphatic rings. The van der Waals surface area contributed by atoms with E-state index < -0.39 is 16.3 Å². The number of rotatable bonds is 5. The number of piperazine rings is 1. The summed E-state index contributed by atoms with van der Waals surface area (Å²) in [5.41, 5.74) is 1.68. The van der Waals surface area contributed by atoms with Crippen LogP contribution in [0.3, 0.4) is 0 Å². The summed E-state index contributed by atoms with van der Waals surface area (Å²) in [6.45, 7) is 2.57. The Morgan fingerprint density at radius 1 is 1.25 bits per heavy atom. The Balaban J connectivity index is 1.57. The van der Waals surface area contributed by atoms with E-state index in [2.05, 4.69) is 10.2 Å². The molecule has 0 radical (unpaired) electrons. The van der Waals surface area contributed by atoms with E-state index in [1.165, 1.54) is 11.4 Å². The van der Waals surface area contributed by atoms with Gasteiger partial charge in [-0.15, -0.1) is 0 Å². The third-order valence-corrected chi connectivity index (χ3v) is 6.05. The maximum atomic E-state index is 12.1. The number of nitrogens with two attached hydrogens (primary N) is 1. The van der Waals surface area contributed by atoms with Crippen molar-refractivity contribution in [2.45, 2.75) is 6.10 Å². The Hall–Kier alpha value is -2.15. The summed E-state index contributed by atoms with van der Waals surface area (Å²) < 4.78 is 34.3. The Bertz CT molecular complexity index is 824. The predicted molar refractivity (Wildman–Crippen MR) is 109 cm³/mol. The first-order chi connectivity index (χ1) is 13.3. The molecule has 1 unspecified atom stereocenters. The molecule has 10 nitrogen and oxygen atoms in total. The number of hydrogen-bond acceptors (Lipinski definition) is 7. The van der Waals surface area contributed by atoms with Gasteiger partial charge in [-0.2, -0.15) is 12.7 Å². The van der Waals surface area contributed by atoms with E-state index in [0.717, 1.165) is 11.4 Å². The number of thiocarbonyl (C=S) groups is 1. The number of amides is 1. The lowest BCUT2D eigenvalue weighted by Crippen LogP contribution is -2.50. The lowest BCUT2D eigenvalue weighted by Gasteiger charge is -2.34. The molecule has 2 aliphatic heterocycles. The van der Waals surface area contributed by atoms with E-state index in [0.29, 0.717) is 39.3 Å². The summed E-state index contributed by atoms with van der Waals surface area (Å²) in [6.07, 6.45) is -0.740. The Morgan fingerprint density at radius 2 is 1.86 bits per heavy atom. The quantitative estimate of drug-likeness (QED) is 0.621. The first-order valence-electron chi connectivity index (χ1n) is 8.71. The fourth-order valence-corrected chi connectivity index (χ4v) is 3.91. The minimum absolute atomic E-state index is 0.251. The van der Waals surface area contributed by atoms with Gasteiger partial charge in [0.15, 0.2) is 0 Å². The molecule has 0 bridgehead atoms. The van der Waals surface area contributed by atoms with E-state index in [-0.39, 0.29) is 11.3 Å². The first kappa shape index (κ1) is 20.6. The van der Waals surface area contributed by atoms with Crippen LogP contribution >= 0.6 is 12.2 Å². The number of methoxy groups -OCH3 is 1. The molecule has 1 amide bonds. The van der Waals surface area contributed by atoms with Crippen LogP contribution < -0.4 is 20.3 Å². The smallest absolute Gasteiger partial charge is 0.414 e. The van der Waals surface area contributed by atoms with Gasteiger partial charge in [-0.25, -0.2) is 9.93 Å². The number of carbonyl (C=O) groups is 1. The second kappa shape index (κ2) is 8.47. The number of hydrogen-bond donors (Lipinski definition) is 2. The second-order valence-electron chi connectivity index (χ2n) is 6.44. The van der Waals surface area contributed by atoms with Crippen LogP contribution in [0.2, 0.25) is 0 Å². The number of benzene rings is 1. The van der Waals surface area contributed by atoms with Crippen molar-refractivity contribution in [3.05, 3.63) is 24.3 Å². The third-order valence-electron chi connectivity index (χ3n) is 4.66. The highest BCUT2D eigenvalue weighted by atomic mass is 32.2. The zero-order valence-electron chi connectivity index (χ0n) is 15.4. The van der Waals surface area contributed by atoms with E-state index in [1.807, 2.05) is 24.3 Å². The summed E-state index contributed by atoms with van der Waals surface area (Å²) in [5, 5.41) is 8.29. The monoisotopic (exact) mass is 429 g/mol. The molecule has 0 spiro atoms. The molecule has 2 fully saturated rings. The molecule has 0 aliphatic carbocycles. The van der Waals surface area contributed by atoms with Crippen LogP contribution in [0.4, 0.5) is 16.2 Å². The number of nitrogens with one attached hydrogen (secondary N) is 1. The van der Waals surface area contributed by atoms with Crippen molar-refractivity contribution in [2.24, 2.45) is 5.14 Å². The van der Waals surface area contributed by atoms with Crippen molar-refractivity contribution in [2.75, 3.05) is 56.2 Å². The maximum absolute atomic E-state index is 12.1. The zero-order chi connectivity index (χ0) is 20.3. The topological polar surface area (TPSA) is 117 Å². The summed E-state index contributed by atoms with van der Waals surface area (Å²) in [4.78, 5) is 15.8. The van der Waals surface area contributed by atoms with Gasteiger partial charge in [-0.05, 0) is 36.5 Å². The molecule has 0 aromatic heterocycles. The van der Waals surface area contributed by atoms with Gasteiger partial charge in [0, 0.05) is 37.6 Å². The molecule has 3 N–H and O–H groups in total. The fourth-order valence-electron chi connectivity index (χ4n) is 3.15. The van der Waals surface area contributed by atoms with Gasteiger partial charge in [0.1, 0.15) is 6.10 Å². The Morgan fingerprint density at radius 3 is 2.43 bits per heavy atom. The summed E-state index contributed by atoms with van der Waals surface area (Å²) in [7, 11) is -2.17. The molecular weight excluding hydrogens is 406 g/mol. The molecule has 3 rings (SSSR count). The van der Waals surface area contributed by atoms with Gasteiger partial charge in [-0.1, -0.05) is 0 Å². The molecule has 28 heavy (non-hydrogen) atoms. The van der Waals surface area contributed by atoms with Gasteiger partial charge < -0.3 is 19.7 Å². The van der Waals surface area contributed by atoms with Crippen molar-refractivity contribution >= 4 is 45.1 Å². The number of anilines is 2. The number of nitrogens with zero attached hydrogens (tertiary/aromatic N) is 3. The van der Waals surface area contributed by atoms with Crippen LogP contribution in [0.25, 0.3) is 0 Å². The highest BCUT2D eigenvalue weighted by Gasteiger charge is 2.32. The van der Waals surface area contributed by atoms with Crippen molar-refractivity contribution in [3.8, 4) is 0 Å². The number of ether oxygens (including phenoxy) is 2. The lowest BCUT2D eigenvalue weighted by molar-refractivity contribution is 0.142. The molecule has 1 aromatic carbocycles. The Labute approximate surface area is 169 Å². The van der Waals surface area contributed by atoms with E-state index in [9.17, 15) is 13.2 Å². The van der Waals surface area contributed by atoms with Crippen molar-refractivity contribution < 1.29 is 22.7 Å². The van der Waals surface area contributed by atoms with Crippen LogP contribution in [0.1, 0.15) is 0 Å². The van der Waals surface area contributed by atoms with E-state index in [4.69, 9.17) is 26.8 Å². The maximum Gasteiger partial charge on any atom is 0.414 e. The minimum Gasteiger partial charge on any atom is -0.474 e. The highest BCUT2D eigenvalue weighted by molar-refractivity contribution is 7.86.